The molecule has 1 aliphatic rings. The molecule has 0 spiro atoms. The van der Waals surface area contributed by atoms with Crippen LogP contribution in [0.2, 0.25) is 0 Å². The molecule has 94 valence electrons. The second-order valence-corrected chi connectivity index (χ2v) is 4.47. The minimum absolute atomic E-state index is 0.108. The van der Waals surface area contributed by atoms with Gasteiger partial charge in [0.05, 0.1) is 12.1 Å². The van der Waals surface area contributed by atoms with Crippen LogP contribution in [0, 0.1) is 0 Å². The molecule has 2 atom stereocenters. The van der Waals surface area contributed by atoms with Gasteiger partial charge in [-0.25, -0.2) is 4.98 Å². The van der Waals surface area contributed by atoms with Crippen molar-refractivity contribution in [2.75, 3.05) is 17.7 Å². The number of anilines is 2. The molecule has 1 aromatic heterocycles. The molecule has 5 nitrogen and oxygen atoms in total. The SMILES string of the molecule is CNc1nccc(NC2CCCCCC2O)n1. The molecule has 1 heterocycles. The molecule has 0 aliphatic heterocycles. The number of aliphatic hydroxyl groups excluding tert-OH is 1. The van der Waals surface area contributed by atoms with E-state index in [1.54, 1.807) is 13.2 Å². The minimum atomic E-state index is -0.273. The first kappa shape index (κ1) is 12.1. The average molecular weight is 236 g/mol. The van der Waals surface area contributed by atoms with Gasteiger partial charge in [-0.3, -0.25) is 0 Å². The molecule has 5 heteroatoms. The first-order valence-electron chi connectivity index (χ1n) is 6.25. The molecule has 0 amide bonds. The number of aliphatic hydroxyl groups is 1. The van der Waals surface area contributed by atoms with Crippen molar-refractivity contribution < 1.29 is 5.11 Å². The Balaban J connectivity index is 2.02. The predicted octanol–water partition coefficient (Wildman–Crippen LogP) is 1.62. The summed E-state index contributed by atoms with van der Waals surface area (Å²) in [5, 5.41) is 16.2. The summed E-state index contributed by atoms with van der Waals surface area (Å²) in [5.74, 6) is 1.37. The molecular formula is C12H20N4O. The lowest BCUT2D eigenvalue weighted by molar-refractivity contribution is 0.144. The molecule has 1 fully saturated rings. The second-order valence-electron chi connectivity index (χ2n) is 4.47. The van der Waals surface area contributed by atoms with Crippen LogP contribution in [-0.2, 0) is 0 Å². The monoisotopic (exact) mass is 236 g/mol. The van der Waals surface area contributed by atoms with E-state index in [4.69, 9.17) is 0 Å². The maximum Gasteiger partial charge on any atom is 0.224 e. The Morgan fingerprint density at radius 3 is 2.94 bits per heavy atom. The molecular weight excluding hydrogens is 216 g/mol. The van der Waals surface area contributed by atoms with Gasteiger partial charge in [0.1, 0.15) is 5.82 Å². The van der Waals surface area contributed by atoms with Gasteiger partial charge in [0.15, 0.2) is 0 Å². The quantitative estimate of drug-likeness (QED) is 0.696. The van der Waals surface area contributed by atoms with E-state index < -0.39 is 0 Å². The third-order valence-corrected chi connectivity index (χ3v) is 3.19. The molecule has 0 radical (unpaired) electrons. The normalized spacial score (nSPS) is 25.1. The maximum absolute atomic E-state index is 10.0. The first-order valence-corrected chi connectivity index (χ1v) is 6.25. The summed E-state index contributed by atoms with van der Waals surface area (Å²) in [7, 11) is 1.79. The van der Waals surface area contributed by atoms with Crippen LogP contribution in [0.3, 0.4) is 0 Å². The van der Waals surface area contributed by atoms with Crippen LogP contribution >= 0.6 is 0 Å². The van der Waals surface area contributed by atoms with Crippen molar-refractivity contribution in [3.63, 3.8) is 0 Å². The lowest BCUT2D eigenvalue weighted by Crippen LogP contribution is -2.32. The van der Waals surface area contributed by atoms with Crippen LogP contribution in [0.15, 0.2) is 12.3 Å². The Kier molecular flexibility index (Phi) is 4.14. The minimum Gasteiger partial charge on any atom is -0.391 e. The fraction of sp³-hybridized carbons (Fsp3) is 0.667. The smallest absolute Gasteiger partial charge is 0.224 e. The Morgan fingerprint density at radius 2 is 2.12 bits per heavy atom. The number of nitrogens with zero attached hydrogens (tertiary/aromatic N) is 2. The molecule has 1 aliphatic carbocycles. The zero-order valence-corrected chi connectivity index (χ0v) is 10.2. The van der Waals surface area contributed by atoms with Gasteiger partial charge < -0.3 is 15.7 Å². The standard InChI is InChI=1S/C12H20N4O/c1-13-12-14-8-7-11(16-12)15-9-5-3-2-4-6-10(9)17/h7-10,17H,2-6H2,1H3,(H2,13,14,15,16). The van der Waals surface area contributed by atoms with Crippen molar-refractivity contribution >= 4 is 11.8 Å². The first-order chi connectivity index (χ1) is 8.29. The van der Waals surface area contributed by atoms with E-state index in [2.05, 4.69) is 20.6 Å². The lowest BCUT2D eigenvalue weighted by Gasteiger charge is -2.22. The molecule has 17 heavy (non-hydrogen) atoms. The molecule has 2 rings (SSSR count). The van der Waals surface area contributed by atoms with E-state index in [0.29, 0.717) is 5.95 Å². The lowest BCUT2D eigenvalue weighted by atomic mass is 10.1. The van der Waals surface area contributed by atoms with E-state index in [-0.39, 0.29) is 12.1 Å². The fourth-order valence-corrected chi connectivity index (χ4v) is 2.21. The number of nitrogens with one attached hydrogen (secondary N) is 2. The van der Waals surface area contributed by atoms with Crippen LogP contribution in [0.5, 0.6) is 0 Å². The van der Waals surface area contributed by atoms with Crippen LogP contribution in [0.1, 0.15) is 32.1 Å². The summed E-state index contributed by atoms with van der Waals surface area (Å²) >= 11 is 0. The Hall–Kier alpha value is -1.36. The Bertz CT molecular complexity index is 358. The fourth-order valence-electron chi connectivity index (χ4n) is 2.21. The van der Waals surface area contributed by atoms with Crippen molar-refractivity contribution in [3.8, 4) is 0 Å². The molecule has 1 aromatic rings. The van der Waals surface area contributed by atoms with E-state index >= 15 is 0 Å². The highest BCUT2D eigenvalue weighted by atomic mass is 16.3. The molecule has 0 aromatic carbocycles. The summed E-state index contributed by atoms with van der Waals surface area (Å²) in [5.41, 5.74) is 0. The van der Waals surface area contributed by atoms with Gasteiger partial charge in [-0.15, -0.1) is 0 Å². The Labute approximate surface area is 102 Å². The van der Waals surface area contributed by atoms with Gasteiger partial charge in [0.2, 0.25) is 5.95 Å². The zero-order valence-electron chi connectivity index (χ0n) is 10.2. The molecule has 0 bridgehead atoms. The van der Waals surface area contributed by atoms with Gasteiger partial charge in [-0.05, 0) is 18.9 Å². The summed E-state index contributed by atoms with van der Waals surface area (Å²) in [6.07, 6.45) is 6.81. The molecule has 1 saturated carbocycles. The zero-order chi connectivity index (χ0) is 12.1. The highest BCUT2D eigenvalue weighted by molar-refractivity contribution is 5.40. The summed E-state index contributed by atoms with van der Waals surface area (Å²) in [4.78, 5) is 8.37. The summed E-state index contributed by atoms with van der Waals surface area (Å²) in [6, 6.07) is 1.94. The Morgan fingerprint density at radius 1 is 1.29 bits per heavy atom. The number of hydrogen-bond donors (Lipinski definition) is 3. The van der Waals surface area contributed by atoms with Gasteiger partial charge in [0.25, 0.3) is 0 Å². The van der Waals surface area contributed by atoms with Crippen LogP contribution in [-0.4, -0.2) is 34.3 Å². The molecule has 2 unspecified atom stereocenters. The van der Waals surface area contributed by atoms with E-state index in [9.17, 15) is 5.11 Å². The largest absolute Gasteiger partial charge is 0.391 e. The van der Waals surface area contributed by atoms with Crippen molar-refractivity contribution in [1.82, 2.24) is 9.97 Å². The molecule has 3 N–H and O–H groups in total. The highest BCUT2D eigenvalue weighted by Gasteiger charge is 2.21. The predicted molar refractivity (Wildman–Crippen MR) is 68.1 cm³/mol. The molecule has 0 saturated heterocycles. The van der Waals surface area contributed by atoms with Crippen LogP contribution in [0.25, 0.3) is 0 Å². The van der Waals surface area contributed by atoms with E-state index in [1.807, 2.05) is 6.07 Å². The topological polar surface area (TPSA) is 70.1 Å². The van der Waals surface area contributed by atoms with Crippen LogP contribution < -0.4 is 10.6 Å². The van der Waals surface area contributed by atoms with Crippen molar-refractivity contribution in [3.05, 3.63) is 12.3 Å². The van der Waals surface area contributed by atoms with Crippen LogP contribution in [0.4, 0.5) is 11.8 Å². The van der Waals surface area contributed by atoms with Crippen molar-refractivity contribution in [2.45, 2.75) is 44.2 Å². The number of aromatic nitrogens is 2. The van der Waals surface area contributed by atoms with Gasteiger partial charge in [-0.1, -0.05) is 19.3 Å². The van der Waals surface area contributed by atoms with Gasteiger partial charge in [-0.2, -0.15) is 4.98 Å². The third-order valence-electron chi connectivity index (χ3n) is 3.19. The van der Waals surface area contributed by atoms with E-state index in [0.717, 1.165) is 25.1 Å². The second kappa shape index (κ2) is 5.82. The maximum atomic E-state index is 10.0. The third kappa shape index (κ3) is 3.30. The number of rotatable bonds is 3. The summed E-state index contributed by atoms with van der Waals surface area (Å²) < 4.78 is 0. The number of hydrogen-bond acceptors (Lipinski definition) is 5. The van der Waals surface area contributed by atoms with Crippen molar-refractivity contribution in [1.29, 1.82) is 0 Å². The summed E-state index contributed by atoms with van der Waals surface area (Å²) in [6.45, 7) is 0. The van der Waals surface area contributed by atoms with Crippen molar-refractivity contribution in [2.24, 2.45) is 0 Å². The van der Waals surface area contributed by atoms with Gasteiger partial charge in [0, 0.05) is 13.2 Å². The average Bonchev–Trinajstić information content (AvgIpc) is 2.55. The van der Waals surface area contributed by atoms with E-state index in [1.165, 1.54) is 12.8 Å². The highest BCUT2D eigenvalue weighted by Crippen LogP contribution is 2.21. The van der Waals surface area contributed by atoms with Gasteiger partial charge >= 0.3 is 0 Å².